The van der Waals surface area contributed by atoms with Gasteiger partial charge in [-0.15, -0.1) is 0 Å². The summed E-state index contributed by atoms with van der Waals surface area (Å²) in [6, 6.07) is 6.54. The van der Waals surface area contributed by atoms with Crippen LogP contribution in [0.15, 0.2) is 29.2 Å². The van der Waals surface area contributed by atoms with Crippen LogP contribution in [0.5, 0.6) is 0 Å². The van der Waals surface area contributed by atoms with E-state index in [2.05, 4.69) is 5.32 Å². The molecule has 1 aromatic rings. The summed E-state index contributed by atoms with van der Waals surface area (Å²) in [4.78, 5) is 0.302. The van der Waals surface area contributed by atoms with Crippen LogP contribution < -0.4 is 5.32 Å². The molecule has 118 valence electrons. The summed E-state index contributed by atoms with van der Waals surface area (Å²) in [5, 5.41) is 3.95. The number of rotatable bonds is 5. The molecule has 0 bridgehead atoms. The lowest BCUT2D eigenvalue weighted by Crippen LogP contribution is -2.48. The molecule has 1 N–H and O–H groups in total. The van der Waals surface area contributed by atoms with Crippen molar-refractivity contribution in [3.05, 3.63) is 29.3 Å². The van der Waals surface area contributed by atoms with Crippen LogP contribution in [-0.4, -0.2) is 37.9 Å². The van der Waals surface area contributed by atoms with Crippen LogP contribution in [0.3, 0.4) is 0 Å². The maximum Gasteiger partial charge on any atom is 0.243 e. The molecule has 6 heteroatoms. The zero-order valence-corrected chi connectivity index (χ0v) is 14.1. The lowest BCUT2D eigenvalue weighted by Gasteiger charge is -2.32. The number of nitrogens with zero attached hydrogens (tertiary/aromatic N) is 1. The van der Waals surface area contributed by atoms with Crippen LogP contribution in [0.1, 0.15) is 33.1 Å². The number of hydrogen-bond acceptors (Lipinski definition) is 3. The van der Waals surface area contributed by atoms with E-state index in [1.165, 1.54) is 6.42 Å². The summed E-state index contributed by atoms with van der Waals surface area (Å²) in [5.41, 5.74) is 0. The molecular formula is C15H23ClN2O2S. The van der Waals surface area contributed by atoms with Gasteiger partial charge in [0.25, 0.3) is 0 Å². The first-order valence-electron chi connectivity index (χ1n) is 7.42. The number of nitrogens with one attached hydrogen (secondary N) is 1. The molecule has 1 heterocycles. The van der Waals surface area contributed by atoms with E-state index < -0.39 is 10.0 Å². The van der Waals surface area contributed by atoms with Gasteiger partial charge in [-0.25, -0.2) is 8.42 Å². The Kier molecular flexibility index (Phi) is 5.66. The molecule has 1 atom stereocenters. The smallest absolute Gasteiger partial charge is 0.243 e. The van der Waals surface area contributed by atoms with Gasteiger partial charge >= 0.3 is 0 Å². The van der Waals surface area contributed by atoms with Gasteiger partial charge in [0.2, 0.25) is 10.0 Å². The summed E-state index contributed by atoms with van der Waals surface area (Å²) in [6.45, 7) is 5.31. The Balaban J connectivity index is 2.21. The van der Waals surface area contributed by atoms with Crippen molar-refractivity contribution in [2.45, 2.75) is 50.1 Å². The fourth-order valence-corrected chi connectivity index (χ4v) is 4.43. The fraction of sp³-hybridized carbons (Fsp3) is 0.600. The highest BCUT2D eigenvalue weighted by Gasteiger charge is 2.29. The van der Waals surface area contributed by atoms with Crippen LogP contribution in [0.2, 0.25) is 5.02 Å². The topological polar surface area (TPSA) is 49.4 Å². The van der Waals surface area contributed by atoms with Gasteiger partial charge in [-0.1, -0.05) is 18.0 Å². The second kappa shape index (κ2) is 7.09. The summed E-state index contributed by atoms with van der Waals surface area (Å²) in [5.74, 6) is 0. The minimum atomic E-state index is -3.48. The highest BCUT2D eigenvalue weighted by atomic mass is 35.5. The molecule has 0 aromatic heterocycles. The first kappa shape index (κ1) is 16.7. The molecule has 0 saturated carbocycles. The lowest BCUT2D eigenvalue weighted by molar-refractivity contribution is 0.282. The van der Waals surface area contributed by atoms with Crippen LogP contribution in [-0.2, 0) is 10.0 Å². The number of benzene rings is 1. The second-order valence-corrected chi connectivity index (χ2v) is 8.10. The molecule has 0 aliphatic carbocycles. The highest BCUT2D eigenvalue weighted by Crippen LogP contribution is 2.22. The van der Waals surface area contributed by atoms with Gasteiger partial charge in [0, 0.05) is 23.7 Å². The standard InChI is InChI=1S/C15H23ClN2O2S/c1-12(2)18(11-14-5-3-4-10-17-14)21(19,20)15-8-6-13(16)7-9-15/h6-9,12,14,17H,3-5,10-11H2,1-2H3. The molecule has 1 aliphatic rings. The predicted octanol–water partition coefficient (Wildman–Crippen LogP) is 2.88. The largest absolute Gasteiger partial charge is 0.313 e. The van der Waals surface area contributed by atoms with E-state index in [9.17, 15) is 8.42 Å². The molecule has 2 rings (SSSR count). The van der Waals surface area contributed by atoms with Crippen molar-refractivity contribution in [3.63, 3.8) is 0 Å². The number of hydrogen-bond donors (Lipinski definition) is 1. The molecule has 0 amide bonds. The summed E-state index contributed by atoms with van der Waals surface area (Å²) < 4.78 is 27.2. The average Bonchev–Trinajstić information content (AvgIpc) is 2.46. The molecule has 1 unspecified atom stereocenters. The number of halogens is 1. The summed E-state index contributed by atoms with van der Waals surface area (Å²) in [6.07, 6.45) is 3.35. The number of sulfonamides is 1. The summed E-state index contributed by atoms with van der Waals surface area (Å²) >= 11 is 5.84. The first-order valence-corrected chi connectivity index (χ1v) is 9.24. The van der Waals surface area contributed by atoms with Gasteiger partial charge in [-0.2, -0.15) is 4.31 Å². The molecule has 1 fully saturated rings. The Hall–Kier alpha value is -0.620. The zero-order chi connectivity index (χ0) is 15.5. The third-order valence-electron chi connectivity index (χ3n) is 3.81. The Bertz CT molecular complexity index is 552. The van der Waals surface area contributed by atoms with Gasteiger partial charge in [0.1, 0.15) is 0 Å². The van der Waals surface area contributed by atoms with Crippen molar-refractivity contribution in [1.29, 1.82) is 0 Å². The van der Waals surface area contributed by atoms with E-state index in [1.807, 2.05) is 13.8 Å². The van der Waals surface area contributed by atoms with Crippen molar-refractivity contribution < 1.29 is 8.42 Å². The van der Waals surface area contributed by atoms with Crippen molar-refractivity contribution in [2.24, 2.45) is 0 Å². The Morgan fingerprint density at radius 1 is 1.29 bits per heavy atom. The maximum absolute atomic E-state index is 12.8. The quantitative estimate of drug-likeness (QED) is 0.903. The molecule has 0 radical (unpaired) electrons. The Morgan fingerprint density at radius 3 is 2.48 bits per heavy atom. The van der Waals surface area contributed by atoms with Gasteiger partial charge in [0.05, 0.1) is 4.90 Å². The average molecular weight is 331 g/mol. The fourth-order valence-electron chi connectivity index (χ4n) is 2.63. The molecule has 1 saturated heterocycles. The van der Waals surface area contributed by atoms with Crippen molar-refractivity contribution in [3.8, 4) is 0 Å². The van der Waals surface area contributed by atoms with Crippen LogP contribution in [0.25, 0.3) is 0 Å². The summed E-state index contributed by atoms with van der Waals surface area (Å²) in [7, 11) is -3.48. The zero-order valence-electron chi connectivity index (χ0n) is 12.5. The van der Waals surface area contributed by atoms with E-state index in [1.54, 1.807) is 28.6 Å². The van der Waals surface area contributed by atoms with Crippen LogP contribution >= 0.6 is 11.6 Å². The van der Waals surface area contributed by atoms with E-state index in [4.69, 9.17) is 11.6 Å². The van der Waals surface area contributed by atoms with E-state index in [0.29, 0.717) is 16.5 Å². The third kappa shape index (κ3) is 4.19. The first-order chi connectivity index (χ1) is 9.91. The molecule has 1 aromatic carbocycles. The molecule has 1 aliphatic heterocycles. The van der Waals surface area contributed by atoms with Crippen LogP contribution in [0, 0.1) is 0 Å². The molecule has 21 heavy (non-hydrogen) atoms. The van der Waals surface area contributed by atoms with Crippen LogP contribution in [0.4, 0.5) is 0 Å². The highest BCUT2D eigenvalue weighted by molar-refractivity contribution is 7.89. The predicted molar refractivity (Wildman–Crippen MR) is 86.1 cm³/mol. The molecule has 4 nitrogen and oxygen atoms in total. The van der Waals surface area contributed by atoms with Crippen molar-refractivity contribution in [2.75, 3.05) is 13.1 Å². The maximum atomic E-state index is 12.8. The van der Waals surface area contributed by atoms with Crippen molar-refractivity contribution >= 4 is 21.6 Å². The second-order valence-electron chi connectivity index (χ2n) is 5.77. The normalized spacial score (nSPS) is 20.1. The Morgan fingerprint density at radius 2 is 1.95 bits per heavy atom. The van der Waals surface area contributed by atoms with Gasteiger partial charge < -0.3 is 5.32 Å². The number of piperidine rings is 1. The lowest BCUT2D eigenvalue weighted by atomic mass is 10.1. The van der Waals surface area contributed by atoms with E-state index >= 15 is 0 Å². The van der Waals surface area contributed by atoms with E-state index in [0.717, 1.165) is 19.4 Å². The monoisotopic (exact) mass is 330 g/mol. The van der Waals surface area contributed by atoms with E-state index in [-0.39, 0.29) is 12.1 Å². The molecular weight excluding hydrogens is 308 g/mol. The third-order valence-corrected chi connectivity index (χ3v) is 6.12. The van der Waals surface area contributed by atoms with Gasteiger partial charge in [0.15, 0.2) is 0 Å². The Labute approximate surface area is 132 Å². The SMILES string of the molecule is CC(C)N(CC1CCCCN1)S(=O)(=O)c1ccc(Cl)cc1. The minimum absolute atomic E-state index is 0.0746. The van der Waals surface area contributed by atoms with Gasteiger partial charge in [-0.3, -0.25) is 0 Å². The minimum Gasteiger partial charge on any atom is -0.313 e. The molecule has 0 spiro atoms. The van der Waals surface area contributed by atoms with Crippen molar-refractivity contribution in [1.82, 2.24) is 9.62 Å². The van der Waals surface area contributed by atoms with Gasteiger partial charge in [-0.05, 0) is 57.5 Å².